The predicted octanol–water partition coefficient (Wildman–Crippen LogP) is 0.960. The average Bonchev–Trinajstić information content (AvgIpc) is 4.09. The van der Waals surface area contributed by atoms with E-state index in [-0.39, 0.29) is 70.0 Å². The molecule has 16 nitrogen and oxygen atoms in total. The average molecular weight is 781 g/mol. The summed E-state index contributed by atoms with van der Waals surface area (Å²) in [7, 11) is 1.14. The maximum atomic E-state index is 14.7. The van der Waals surface area contributed by atoms with E-state index in [0.29, 0.717) is 18.4 Å². The Balaban J connectivity index is 1.31. The molecule has 0 aromatic heterocycles. The maximum absolute atomic E-state index is 14.7. The Morgan fingerprint density at radius 2 is 1.64 bits per heavy atom. The van der Waals surface area contributed by atoms with Crippen LogP contribution in [0.3, 0.4) is 0 Å². The summed E-state index contributed by atoms with van der Waals surface area (Å²) < 4.78 is 28.0. The van der Waals surface area contributed by atoms with Crippen molar-refractivity contribution in [1.29, 1.82) is 0 Å². The monoisotopic (exact) mass is 780 g/mol. The van der Waals surface area contributed by atoms with Gasteiger partial charge in [0.15, 0.2) is 17.5 Å². The van der Waals surface area contributed by atoms with Crippen molar-refractivity contribution in [2.75, 3.05) is 26.9 Å². The zero-order valence-corrected chi connectivity index (χ0v) is 31.5. The van der Waals surface area contributed by atoms with E-state index < -0.39 is 114 Å². The number of carbonyl (C=O) groups is 6. The first-order valence-electron chi connectivity index (χ1n) is 19.0. The second kappa shape index (κ2) is 11.7. The second-order valence-corrected chi connectivity index (χ2v) is 17.6. The zero-order chi connectivity index (χ0) is 40.2. The molecule has 7 aliphatic carbocycles. The fourth-order valence-corrected chi connectivity index (χ4v) is 12.9. The van der Waals surface area contributed by atoms with E-state index in [0.717, 1.165) is 7.11 Å². The van der Waals surface area contributed by atoms with Crippen molar-refractivity contribution in [3.8, 4) is 0 Å². The summed E-state index contributed by atoms with van der Waals surface area (Å²) in [4.78, 5) is 86.9. The largest absolute Gasteiger partial charge is 0.466 e. The Bertz CT molecular complexity index is 2080. The van der Waals surface area contributed by atoms with E-state index in [1.807, 2.05) is 6.92 Å². The molecule has 4 N–H and O–H groups in total. The highest BCUT2D eigenvalue weighted by Crippen LogP contribution is 2.84. The highest BCUT2D eigenvalue weighted by Gasteiger charge is 2.86. The molecule has 0 saturated heterocycles. The van der Waals surface area contributed by atoms with Gasteiger partial charge < -0.3 is 39.0 Å². The van der Waals surface area contributed by atoms with Crippen LogP contribution < -0.4 is 0 Å². The van der Waals surface area contributed by atoms with Gasteiger partial charge in [-0.1, -0.05) is 13.8 Å². The van der Waals surface area contributed by atoms with Gasteiger partial charge in [0.05, 0.1) is 19.1 Å². The Morgan fingerprint density at radius 1 is 0.929 bits per heavy atom. The third kappa shape index (κ3) is 4.31. The summed E-state index contributed by atoms with van der Waals surface area (Å²) in [5.74, 6) is -8.43. The molecule has 16 heteroatoms. The number of Topliss-reactive ketones (excluding diaryl/α,β-unsaturated/α-hetero) is 1. The van der Waals surface area contributed by atoms with Gasteiger partial charge in [-0.3, -0.25) is 14.8 Å². The van der Waals surface area contributed by atoms with Crippen molar-refractivity contribution >= 4 is 35.6 Å². The minimum absolute atomic E-state index is 0.0244. The standard InChI is InChI=1S/C40H44O16/c1-15-6-7-52-35(48)23(41)11-26(42)53-13-17-18-10-24-36(3,19-8-21(19)38(24,49)14-54-32(15)45)25-12-39(56-50)22-9-20(22)37(4)30(39)28(40(18,25)55-34(17)47)27(29(43)31(37)44)16(2)33(46)51-5/h6,19-25,31,41,44,49-50H,7-14H2,1-5H3/b15-6+,27-16-/t19-,20-,21+,22+,23+,24-,25+,31+,36+,37+,38+,39+,40+/m1/s1. The van der Waals surface area contributed by atoms with Crippen LogP contribution in [0.5, 0.6) is 0 Å². The molecule has 0 unspecified atom stereocenters. The van der Waals surface area contributed by atoms with Crippen molar-refractivity contribution in [3.63, 3.8) is 0 Å². The molecular formula is C40H44O16. The molecule has 13 atom stereocenters. The van der Waals surface area contributed by atoms with Gasteiger partial charge in [0, 0.05) is 39.5 Å². The SMILES string of the molecule is COC(=O)/C(C)=C1\C(=O)[C@H](O)[C@]2(C)C3=C1[C@]14OC(=O)C5=C1C[C@H]1[C@](O)(COC(=O)/C(C)=C/COC(=O)[C@@H](O)CC(=O)OC5)[C@H]5C[C@H]5[C@]1(C)[C@@H]4C[C@]3(OO)[C@H]1C[C@H]12. The van der Waals surface area contributed by atoms with Gasteiger partial charge in [0.2, 0.25) is 0 Å². The van der Waals surface area contributed by atoms with E-state index in [4.69, 9.17) is 28.6 Å². The summed E-state index contributed by atoms with van der Waals surface area (Å²) >= 11 is 0. The lowest BCUT2D eigenvalue weighted by atomic mass is 9.43. The number of ketones is 1. The van der Waals surface area contributed by atoms with Crippen LogP contribution in [0.1, 0.15) is 59.8 Å². The van der Waals surface area contributed by atoms with Gasteiger partial charge in [-0.15, -0.1) is 0 Å². The molecule has 300 valence electrons. The molecule has 2 bridgehead atoms. The number of ether oxygens (including phenoxy) is 5. The number of hydrogen-bond donors (Lipinski definition) is 4. The molecule has 56 heavy (non-hydrogen) atoms. The lowest BCUT2D eigenvalue weighted by Gasteiger charge is -2.63. The number of aliphatic hydroxyl groups excluding tert-OH is 2. The van der Waals surface area contributed by atoms with Crippen molar-refractivity contribution in [2.45, 2.75) is 88.8 Å². The number of aliphatic hydroxyl groups is 3. The van der Waals surface area contributed by atoms with Crippen molar-refractivity contribution in [1.82, 2.24) is 0 Å². The zero-order valence-electron chi connectivity index (χ0n) is 31.5. The summed E-state index contributed by atoms with van der Waals surface area (Å²) in [6.45, 7) is 4.96. The number of carbonyl (C=O) groups excluding carboxylic acids is 6. The first-order valence-corrected chi connectivity index (χ1v) is 19.0. The van der Waals surface area contributed by atoms with Crippen molar-refractivity contribution in [3.05, 3.63) is 45.1 Å². The number of esters is 5. The summed E-state index contributed by atoms with van der Waals surface area (Å²) in [6.07, 6.45) is -2.16. The van der Waals surface area contributed by atoms with Crippen LogP contribution in [0.2, 0.25) is 0 Å². The molecule has 2 aliphatic heterocycles. The van der Waals surface area contributed by atoms with E-state index >= 15 is 0 Å². The smallest absolute Gasteiger partial charge is 0.338 e. The molecule has 0 amide bonds. The molecular weight excluding hydrogens is 736 g/mol. The lowest BCUT2D eigenvalue weighted by Crippen LogP contribution is -2.67. The van der Waals surface area contributed by atoms with Crippen LogP contribution in [-0.2, 0) is 57.3 Å². The predicted molar refractivity (Wildman–Crippen MR) is 183 cm³/mol. The molecule has 0 radical (unpaired) electrons. The fourth-order valence-electron chi connectivity index (χ4n) is 12.9. The number of methoxy groups -OCH3 is 1. The fraction of sp³-hybridized carbons (Fsp3) is 0.650. The van der Waals surface area contributed by atoms with Gasteiger partial charge in [-0.25, -0.2) is 24.1 Å². The van der Waals surface area contributed by atoms with Crippen LogP contribution in [0.25, 0.3) is 0 Å². The number of hydrogen-bond acceptors (Lipinski definition) is 16. The molecule has 0 aromatic carbocycles. The Kier molecular flexibility index (Phi) is 7.80. The quantitative estimate of drug-likeness (QED) is 0.100. The van der Waals surface area contributed by atoms with Gasteiger partial charge in [0.25, 0.3) is 0 Å². The van der Waals surface area contributed by atoms with E-state index in [9.17, 15) is 49.3 Å². The van der Waals surface area contributed by atoms with Gasteiger partial charge in [-0.05, 0) is 85.8 Å². The van der Waals surface area contributed by atoms with Crippen LogP contribution >= 0.6 is 0 Å². The third-order valence-corrected chi connectivity index (χ3v) is 15.5. The molecule has 2 heterocycles. The molecule has 9 rings (SSSR count). The highest BCUT2D eigenvalue weighted by atomic mass is 17.1. The number of fused-ring (bicyclic) bond motifs is 7. The normalized spacial score (nSPS) is 48.1. The number of rotatable bonds is 2. The van der Waals surface area contributed by atoms with E-state index in [1.165, 1.54) is 19.9 Å². The van der Waals surface area contributed by atoms with Crippen LogP contribution in [0, 0.1) is 46.3 Å². The highest BCUT2D eigenvalue weighted by molar-refractivity contribution is 6.12. The van der Waals surface area contributed by atoms with Crippen LogP contribution in [0.15, 0.2) is 45.1 Å². The topological polar surface area (TPSA) is 239 Å². The van der Waals surface area contributed by atoms with Gasteiger partial charge in [-0.2, -0.15) is 0 Å². The van der Waals surface area contributed by atoms with Crippen molar-refractivity contribution < 1.29 is 77.9 Å². The van der Waals surface area contributed by atoms with Crippen LogP contribution in [0.4, 0.5) is 0 Å². The molecule has 5 fully saturated rings. The summed E-state index contributed by atoms with van der Waals surface area (Å²) in [5.41, 5.74) is -6.99. The molecule has 5 saturated carbocycles. The minimum atomic E-state index is -1.93. The second-order valence-electron chi connectivity index (χ2n) is 17.6. The maximum Gasteiger partial charge on any atom is 0.338 e. The Labute approximate surface area is 320 Å². The first-order chi connectivity index (χ1) is 26.4. The number of cyclic esters (lactones) is 3. The van der Waals surface area contributed by atoms with E-state index in [1.54, 1.807) is 6.92 Å². The first kappa shape index (κ1) is 37.4. The van der Waals surface area contributed by atoms with Crippen molar-refractivity contribution in [2.24, 2.45) is 46.3 Å². The van der Waals surface area contributed by atoms with Gasteiger partial charge in [0.1, 0.15) is 37.1 Å². The van der Waals surface area contributed by atoms with Crippen LogP contribution in [-0.4, -0.2) is 112 Å². The summed E-state index contributed by atoms with van der Waals surface area (Å²) in [5, 5.41) is 46.2. The summed E-state index contributed by atoms with van der Waals surface area (Å²) in [6, 6.07) is 0. The molecule has 9 aliphatic rings. The molecule has 1 spiro atoms. The molecule has 0 aromatic rings. The third-order valence-electron chi connectivity index (χ3n) is 15.5. The Hall–Kier alpha value is -4.22. The van der Waals surface area contributed by atoms with Gasteiger partial charge >= 0.3 is 29.8 Å². The minimum Gasteiger partial charge on any atom is -0.466 e. The lowest BCUT2D eigenvalue weighted by molar-refractivity contribution is -0.330. The van der Waals surface area contributed by atoms with E-state index in [2.05, 4.69) is 0 Å². The Morgan fingerprint density at radius 3 is 2.34 bits per heavy atom.